The van der Waals surface area contributed by atoms with Crippen molar-refractivity contribution in [3.63, 3.8) is 0 Å². The Kier molecular flexibility index (Phi) is 3.94. The van der Waals surface area contributed by atoms with Gasteiger partial charge < -0.3 is 0 Å². The van der Waals surface area contributed by atoms with E-state index in [0.29, 0.717) is 6.07 Å². The lowest BCUT2D eigenvalue weighted by atomic mass is 10.1. The highest BCUT2D eigenvalue weighted by Gasteiger charge is 2.23. The van der Waals surface area contributed by atoms with Crippen LogP contribution in [0.1, 0.15) is 17.3 Å². The van der Waals surface area contributed by atoms with Crippen molar-refractivity contribution in [1.82, 2.24) is 0 Å². The first-order valence-corrected chi connectivity index (χ1v) is 6.40. The van der Waals surface area contributed by atoms with Crippen LogP contribution in [0.2, 0.25) is 0 Å². The Morgan fingerprint density at radius 1 is 1.35 bits per heavy atom. The van der Waals surface area contributed by atoms with E-state index in [2.05, 4.69) is 4.18 Å². The van der Waals surface area contributed by atoms with Gasteiger partial charge in [0.05, 0.1) is 11.8 Å². The van der Waals surface area contributed by atoms with Crippen molar-refractivity contribution in [2.75, 3.05) is 6.26 Å². The summed E-state index contributed by atoms with van der Waals surface area (Å²) in [7, 11) is -3.81. The first-order chi connectivity index (χ1) is 7.70. The molecule has 0 aliphatic heterocycles. The molecule has 17 heavy (non-hydrogen) atoms. The molecule has 94 valence electrons. The smallest absolute Gasteiger partial charge is 0.265 e. The van der Waals surface area contributed by atoms with Gasteiger partial charge in [0.25, 0.3) is 10.1 Å². The summed E-state index contributed by atoms with van der Waals surface area (Å²) in [6.07, 6.45) is -0.581. The molecular formula is C10H10F2O4S. The van der Waals surface area contributed by atoms with Gasteiger partial charge in [-0.15, -0.1) is 0 Å². The molecule has 1 aromatic carbocycles. The number of halogens is 2. The monoisotopic (exact) mass is 264 g/mol. The minimum Gasteiger partial charge on any atom is -0.291 e. The van der Waals surface area contributed by atoms with Gasteiger partial charge in [-0.3, -0.25) is 8.98 Å². The lowest BCUT2D eigenvalue weighted by Gasteiger charge is -2.10. The molecular weight excluding hydrogens is 254 g/mol. The van der Waals surface area contributed by atoms with Crippen LogP contribution in [0, 0.1) is 11.6 Å². The lowest BCUT2D eigenvalue weighted by Crippen LogP contribution is -2.24. The first kappa shape index (κ1) is 13.7. The van der Waals surface area contributed by atoms with Crippen LogP contribution in [0.5, 0.6) is 0 Å². The van der Waals surface area contributed by atoms with Crippen LogP contribution in [0.3, 0.4) is 0 Å². The maximum atomic E-state index is 13.2. The van der Waals surface area contributed by atoms with E-state index in [-0.39, 0.29) is 0 Å². The number of carbonyl (C=O) groups is 1. The Morgan fingerprint density at radius 3 is 2.41 bits per heavy atom. The van der Waals surface area contributed by atoms with Gasteiger partial charge in [-0.1, -0.05) is 0 Å². The number of ketones is 1. The van der Waals surface area contributed by atoms with Crippen molar-refractivity contribution < 1.29 is 26.2 Å². The standard InChI is InChI=1S/C10H10F2O4S/c1-6(16-17(2,14)15)10(13)8-4-3-7(11)5-9(8)12/h3-6H,1-2H3. The SMILES string of the molecule is CC(OS(C)(=O)=O)C(=O)c1ccc(F)cc1F. The third-order valence-corrected chi connectivity index (χ3v) is 2.52. The van der Waals surface area contributed by atoms with Crippen LogP contribution in [0.25, 0.3) is 0 Å². The second kappa shape index (κ2) is 4.89. The second-order valence-corrected chi connectivity index (χ2v) is 5.03. The zero-order chi connectivity index (χ0) is 13.2. The normalized spacial score (nSPS) is 13.4. The number of hydrogen-bond acceptors (Lipinski definition) is 4. The first-order valence-electron chi connectivity index (χ1n) is 4.58. The van der Waals surface area contributed by atoms with E-state index in [4.69, 9.17) is 0 Å². The fourth-order valence-corrected chi connectivity index (χ4v) is 1.83. The highest BCUT2D eigenvalue weighted by molar-refractivity contribution is 7.86. The molecule has 0 radical (unpaired) electrons. The predicted octanol–water partition coefficient (Wildman–Crippen LogP) is 1.51. The van der Waals surface area contributed by atoms with E-state index in [1.807, 2.05) is 0 Å². The molecule has 4 nitrogen and oxygen atoms in total. The molecule has 0 N–H and O–H groups in total. The van der Waals surface area contributed by atoms with Crippen LogP contribution in [0.4, 0.5) is 8.78 Å². The molecule has 0 fully saturated rings. The van der Waals surface area contributed by atoms with Crippen LogP contribution < -0.4 is 0 Å². The van der Waals surface area contributed by atoms with E-state index in [9.17, 15) is 22.0 Å². The Hall–Kier alpha value is -1.34. The minimum atomic E-state index is -3.81. The van der Waals surface area contributed by atoms with Gasteiger partial charge in [0.1, 0.15) is 17.7 Å². The molecule has 1 atom stereocenters. The van der Waals surface area contributed by atoms with Crippen LogP contribution in [-0.4, -0.2) is 26.6 Å². The Balaban J connectivity index is 2.97. The summed E-state index contributed by atoms with van der Waals surface area (Å²) in [4.78, 5) is 11.6. The third kappa shape index (κ3) is 3.86. The van der Waals surface area contributed by atoms with Crippen molar-refractivity contribution in [1.29, 1.82) is 0 Å². The molecule has 7 heteroatoms. The van der Waals surface area contributed by atoms with Gasteiger partial charge in [-0.25, -0.2) is 8.78 Å². The summed E-state index contributed by atoms with van der Waals surface area (Å²) in [5.74, 6) is -2.75. The molecule has 0 spiro atoms. The summed E-state index contributed by atoms with van der Waals surface area (Å²) < 4.78 is 51.8. The summed E-state index contributed by atoms with van der Waals surface area (Å²) in [6, 6.07) is 2.39. The molecule has 0 bridgehead atoms. The highest BCUT2D eigenvalue weighted by atomic mass is 32.2. The maximum Gasteiger partial charge on any atom is 0.265 e. The lowest BCUT2D eigenvalue weighted by molar-refractivity contribution is 0.0822. The molecule has 0 saturated carbocycles. The molecule has 0 aliphatic rings. The molecule has 1 rings (SSSR count). The van der Waals surface area contributed by atoms with Crippen molar-refractivity contribution in [2.45, 2.75) is 13.0 Å². The number of hydrogen-bond donors (Lipinski definition) is 0. The van der Waals surface area contributed by atoms with Crippen molar-refractivity contribution in [3.05, 3.63) is 35.4 Å². The van der Waals surface area contributed by atoms with Gasteiger partial charge in [-0.2, -0.15) is 8.42 Å². The van der Waals surface area contributed by atoms with Crippen molar-refractivity contribution >= 4 is 15.9 Å². The topological polar surface area (TPSA) is 60.4 Å². The van der Waals surface area contributed by atoms with Crippen LogP contribution >= 0.6 is 0 Å². The van der Waals surface area contributed by atoms with Gasteiger partial charge in [0, 0.05) is 6.07 Å². The summed E-state index contributed by atoms with van der Waals surface area (Å²) in [5.41, 5.74) is -0.414. The molecule has 0 heterocycles. The van der Waals surface area contributed by atoms with E-state index in [0.717, 1.165) is 18.4 Å². The molecule has 0 amide bonds. The van der Waals surface area contributed by atoms with Gasteiger partial charge in [0.15, 0.2) is 5.78 Å². The van der Waals surface area contributed by atoms with Gasteiger partial charge in [0.2, 0.25) is 0 Å². The van der Waals surface area contributed by atoms with Gasteiger partial charge in [-0.05, 0) is 19.1 Å². The summed E-state index contributed by atoms with van der Waals surface area (Å²) >= 11 is 0. The Bertz CT molecular complexity index is 539. The predicted molar refractivity (Wildman–Crippen MR) is 56.1 cm³/mol. The minimum absolute atomic E-state index is 0.414. The molecule has 0 saturated heterocycles. The summed E-state index contributed by atoms with van der Waals surface area (Å²) in [6.45, 7) is 1.17. The Morgan fingerprint density at radius 2 is 1.94 bits per heavy atom. The fourth-order valence-electron chi connectivity index (χ4n) is 1.21. The largest absolute Gasteiger partial charge is 0.291 e. The van der Waals surface area contributed by atoms with E-state index < -0.39 is 39.2 Å². The molecule has 0 aliphatic carbocycles. The number of rotatable bonds is 4. The highest BCUT2D eigenvalue weighted by Crippen LogP contribution is 2.14. The molecule has 1 aromatic rings. The van der Waals surface area contributed by atoms with Crippen molar-refractivity contribution in [2.24, 2.45) is 0 Å². The number of Topliss-reactive ketones (excluding diaryl/α,β-unsaturated/α-hetero) is 1. The quantitative estimate of drug-likeness (QED) is 0.611. The zero-order valence-electron chi connectivity index (χ0n) is 9.11. The molecule has 1 unspecified atom stereocenters. The summed E-state index contributed by atoms with van der Waals surface area (Å²) in [5, 5.41) is 0. The maximum absolute atomic E-state index is 13.2. The average molecular weight is 264 g/mol. The van der Waals surface area contributed by atoms with E-state index >= 15 is 0 Å². The number of benzene rings is 1. The number of carbonyl (C=O) groups excluding carboxylic acids is 1. The van der Waals surface area contributed by atoms with Crippen LogP contribution in [-0.2, 0) is 14.3 Å². The van der Waals surface area contributed by atoms with E-state index in [1.54, 1.807) is 0 Å². The Labute approximate surface area is 97.3 Å². The molecule has 0 aromatic heterocycles. The zero-order valence-corrected chi connectivity index (χ0v) is 9.92. The van der Waals surface area contributed by atoms with Crippen molar-refractivity contribution in [3.8, 4) is 0 Å². The van der Waals surface area contributed by atoms with E-state index in [1.165, 1.54) is 6.92 Å². The average Bonchev–Trinajstić information content (AvgIpc) is 2.14. The third-order valence-electron chi connectivity index (χ3n) is 1.88. The van der Waals surface area contributed by atoms with Crippen LogP contribution in [0.15, 0.2) is 18.2 Å². The fraction of sp³-hybridized carbons (Fsp3) is 0.300. The van der Waals surface area contributed by atoms with Gasteiger partial charge >= 0.3 is 0 Å². The second-order valence-electron chi connectivity index (χ2n) is 3.43.